The SMILES string of the molecule is COc1ccc(-c2nnc(SCC(=O)N3CCN(c4ccccc4[N+](=O)[O-])CC3)o2)cc1OC. The van der Waals surface area contributed by atoms with Crippen LogP contribution in [0.4, 0.5) is 11.4 Å². The van der Waals surface area contributed by atoms with E-state index in [1.54, 1.807) is 55.5 Å². The molecule has 1 aliphatic rings. The van der Waals surface area contributed by atoms with E-state index >= 15 is 0 Å². The summed E-state index contributed by atoms with van der Waals surface area (Å²) in [7, 11) is 3.10. The van der Waals surface area contributed by atoms with E-state index in [-0.39, 0.29) is 27.5 Å². The first kappa shape index (κ1) is 23.4. The van der Waals surface area contributed by atoms with Gasteiger partial charge in [0.05, 0.1) is 24.9 Å². The van der Waals surface area contributed by atoms with Crippen molar-refractivity contribution in [1.82, 2.24) is 15.1 Å². The molecule has 1 aromatic heterocycles. The van der Waals surface area contributed by atoms with Gasteiger partial charge < -0.3 is 23.7 Å². The average molecular weight is 486 g/mol. The standard InChI is InChI=1S/C22H23N5O6S/c1-31-18-8-7-15(13-19(18)32-2)21-23-24-22(33-21)34-14-20(28)26-11-9-25(10-12-26)16-5-3-4-6-17(16)27(29)30/h3-8,13H,9-12,14H2,1-2H3. The van der Waals surface area contributed by atoms with Crippen LogP contribution in [-0.2, 0) is 4.79 Å². The normalized spacial score (nSPS) is 13.6. The maximum absolute atomic E-state index is 12.7. The number of hydrogen-bond donors (Lipinski definition) is 0. The first-order chi connectivity index (χ1) is 16.5. The number of nitrogens with zero attached hydrogens (tertiary/aromatic N) is 5. The number of thioether (sulfide) groups is 1. The lowest BCUT2D eigenvalue weighted by Crippen LogP contribution is -2.49. The number of ether oxygens (including phenoxy) is 2. The van der Waals surface area contributed by atoms with Crippen molar-refractivity contribution in [2.45, 2.75) is 5.22 Å². The Kier molecular flexibility index (Phi) is 7.16. The molecule has 0 unspecified atom stereocenters. The van der Waals surface area contributed by atoms with Crippen LogP contribution < -0.4 is 14.4 Å². The van der Waals surface area contributed by atoms with Crippen LogP contribution in [-0.4, -0.2) is 72.1 Å². The maximum Gasteiger partial charge on any atom is 0.292 e. The van der Waals surface area contributed by atoms with Crippen LogP contribution in [0.2, 0.25) is 0 Å². The summed E-state index contributed by atoms with van der Waals surface area (Å²) in [5.41, 5.74) is 1.32. The Morgan fingerprint density at radius 2 is 1.82 bits per heavy atom. The van der Waals surface area contributed by atoms with Crippen molar-refractivity contribution in [3.63, 3.8) is 0 Å². The van der Waals surface area contributed by atoms with E-state index in [4.69, 9.17) is 13.9 Å². The van der Waals surface area contributed by atoms with E-state index in [9.17, 15) is 14.9 Å². The van der Waals surface area contributed by atoms with Gasteiger partial charge in [-0.05, 0) is 24.3 Å². The Balaban J connectivity index is 1.32. The number of aromatic nitrogens is 2. The van der Waals surface area contributed by atoms with Crippen LogP contribution in [0.5, 0.6) is 11.5 Å². The number of carbonyl (C=O) groups is 1. The first-order valence-electron chi connectivity index (χ1n) is 10.4. The highest BCUT2D eigenvalue weighted by molar-refractivity contribution is 7.99. The first-order valence-corrected chi connectivity index (χ1v) is 11.4. The highest BCUT2D eigenvalue weighted by Gasteiger charge is 2.26. The molecule has 11 nitrogen and oxygen atoms in total. The van der Waals surface area contributed by atoms with Crippen LogP contribution in [0.15, 0.2) is 52.1 Å². The predicted molar refractivity (Wildman–Crippen MR) is 125 cm³/mol. The molecule has 2 heterocycles. The summed E-state index contributed by atoms with van der Waals surface area (Å²) in [4.78, 5) is 27.3. The molecule has 0 radical (unpaired) electrons. The molecule has 0 bridgehead atoms. The quantitative estimate of drug-likeness (QED) is 0.267. The molecule has 3 aromatic rings. The van der Waals surface area contributed by atoms with Gasteiger partial charge in [-0.1, -0.05) is 23.9 Å². The number of para-hydroxylation sites is 2. The Labute approximate surface area is 199 Å². The zero-order chi connectivity index (χ0) is 24.1. The highest BCUT2D eigenvalue weighted by Crippen LogP contribution is 2.33. The van der Waals surface area contributed by atoms with Crippen molar-refractivity contribution in [1.29, 1.82) is 0 Å². The smallest absolute Gasteiger partial charge is 0.292 e. The number of rotatable bonds is 8. The largest absolute Gasteiger partial charge is 0.493 e. The van der Waals surface area contributed by atoms with E-state index in [1.165, 1.54) is 17.8 Å². The molecule has 0 N–H and O–H groups in total. The van der Waals surface area contributed by atoms with E-state index in [2.05, 4.69) is 10.2 Å². The molecule has 34 heavy (non-hydrogen) atoms. The third kappa shape index (κ3) is 5.06. The third-order valence-corrected chi connectivity index (χ3v) is 6.21. The van der Waals surface area contributed by atoms with Gasteiger partial charge in [0.2, 0.25) is 11.8 Å². The molecule has 12 heteroatoms. The second kappa shape index (κ2) is 10.4. The van der Waals surface area contributed by atoms with E-state index in [1.807, 2.05) is 4.90 Å². The minimum atomic E-state index is -0.385. The Morgan fingerprint density at radius 1 is 1.09 bits per heavy atom. The second-order valence-electron chi connectivity index (χ2n) is 7.35. The summed E-state index contributed by atoms with van der Waals surface area (Å²) in [6.07, 6.45) is 0. The topological polar surface area (TPSA) is 124 Å². The average Bonchev–Trinajstić information content (AvgIpc) is 3.36. The number of nitro benzene ring substituents is 1. The summed E-state index contributed by atoms with van der Waals surface area (Å²) >= 11 is 1.17. The molecule has 178 valence electrons. The summed E-state index contributed by atoms with van der Waals surface area (Å²) in [6, 6.07) is 11.9. The molecular weight excluding hydrogens is 462 g/mol. The predicted octanol–water partition coefficient (Wildman–Crippen LogP) is 3.10. The Hall–Kier alpha value is -3.80. The van der Waals surface area contributed by atoms with Crippen LogP contribution in [0.25, 0.3) is 11.5 Å². The molecule has 1 aliphatic heterocycles. The lowest BCUT2D eigenvalue weighted by Gasteiger charge is -2.35. The monoisotopic (exact) mass is 485 g/mol. The van der Waals surface area contributed by atoms with Gasteiger partial charge in [-0.25, -0.2) is 0 Å². The molecule has 2 aromatic carbocycles. The number of carbonyl (C=O) groups excluding carboxylic acids is 1. The molecule has 4 rings (SSSR count). The summed E-state index contributed by atoms with van der Waals surface area (Å²) in [5, 5.41) is 19.6. The highest BCUT2D eigenvalue weighted by atomic mass is 32.2. The zero-order valence-corrected chi connectivity index (χ0v) is 19.5. The van der Waals surface area contributed by atoms with Crippen molar-refractivity contribution >= 4 is 29.0 Å². The number of amides is 1. The third-order valence-electron chi connectivity index (χ3n) is 5.41. The van der Waals surface area contributed by atoms with E-state index in [0.717, 1.165) is 0 Å². The molecule has 1 saturated heterocycles. The number of methoxy groups -OCH3 is 2. The van der Waals surface area contributed by atoms with Crippen LogP contribution in [0, 0.1) is 10.1 Å². The molecule has 0 aliphatic carbocycles. The van der Waals surface area contributed by atoms with Crippen molar-refractivity contribution in [2.24, 2.45) is 0 Å². The summed E-state index contributed by atoms with van der Waals surface area (Å²) < 4.78 is 16.2. The molecule has 0 atom stereocenters. The van der Waals surface area contributed by atoms with Crippen LogP contribution in [0.3, 0.4) is 0 Å². The van der Waals surface area contributed by atoms with Gasteiger partial charge in [-0.2, -0.15) is 0 Å². The molecule has 0 spiro atoms. The number of hydrogen-bond acceptors (Lipinski definition) is 10. The minimum absolute atomic E-state index is 0.0573. The molecule has 1 amide bonds. The van der Waals surface area contributed by atoms with Gasteiger partial charge in [-0.3, -0.25) is 14.9 Å². The number of nitro groups is 1. The Bertz CT molecular complexity index is 1180. The number of anilines is 1. The van der Waals surface area contributed by atoms with Gasteiger partial charge in [-0.15, -0.1) is 10.2 Å². The van der Waals surface area contributed by atoms with Crippen molar-refractivity contribution in [3.8, 4) is 23.0 Å². The summed E-state index contributed by atoms with van der Waals surface area (Å²) in [5.74, 6) is 1.54. The number of benzene rings is 2. The maximum atomic E-state index is 12.7. The molecule has 1 fully saturated rings. The second-order valence-corrected chi connectivity index (χ2v) is 8.27. The molecular formula is C22H23N5O6S. The van der Waals surface area contributed by atoms with Gasteiger partial charge in [0, 0.05) is 37.8 Å². The van der Waals surface area contributed by atoms with Crippen LogP contribution in [0.1, 0.15) is 0 Å². The fraction of sp³-hybridized carbons (Fsp3) is 0.318. The summed E-state index contributed by atoms with van der Waals surface area (Å²) in [6.45, 7) is 1.99. The lowest BCUT2D eigenvalue weighted by atomic mass is 10.2. The van der Waals surface area contributed by atoms with Crippen LogP contribution >= 0.6 is 11.8 Å². The zero-order valence-electron chi connectivity index (χ0n) is 18.7. The molecule has 0 saturated carbocycles. The van der Waals surface area contributed by atoms with Crippen molar-refractivity contribution in [2.75, 3.05) is 51.1 Å². The van der Waals surface area contributed by atoms with Gasteiger partial charge >= 0.3 is 0 Å². The lowest BCUT2D eigenvalue weighted by molar-refractivity contribution is -0.384. The van der Waals surface area contributed by atoms with Crippen molar-refractivity contribution < 1.29 is 23.6 Å². The van der Waals surface area contributed by atoms with Gasteiger partial charge in [0.15, 0.2) is 11.5 Å². The Morgan fingerprint density at radius 3 is 2.53 bits per heavy atom. The number of piperazine rings is 1. The van der Waals surface area contributed by atoms with E-state index in [0.29, 0.717) is 54.8 Å². The fourth-order valence-electron chi connectivity index (χ4n) is 3.65. The van der Waals surface area contributed by atoms with E-state index < -0.39 is 0 Å². The van der Waals surface area contributed by atoms with Crippen molar-refractivity contribution in [3.05, 3.63) is 52.6 Å². The minimum Gasteiger partial charge on any atom is -0.493 e. The van der Waals surface area contributed by atoms with Gasteiger partial charge in [0.1, 0.15) is 5.69 Å². The fourth-order valence-corrected chi connectivity index (χ4v) is 4.32. The van der Waals surface area contributed by atoms with Gasteiger partial charge in [0.25, 0.3) is 10.9 Å².